The van der Waals surface area contributed by atoms with Gasteiger partial charge >= 0.3 is 0 Å². The van der Waals surface area contributed by atoms with Gasteiger partial charge in [0.25, 0.3) is 0 Å². The van der Waals surface area contributed by atoms with E-state index < -0.39 is 0 Å². The first-order valence-corrected chi connectivity index (χ1v) is 6.87. The summed E-state index contributed by atoms with van der Waals surface area (Å²) in [5.74, 6) is 0.894. The van der Waals surface area contributed by atoms with Gasteiger partial charge in [-0.15, -0.1) is 0 Å². The average Bonchev–Trinajstić information content (AvgIpc) is 2.78. The lowest BCUT2D eigenvalue weighted by Gasteiger charge is -2.20. The number of hydrogen-bond acceptors (Lipinski definition) is 2. The molecule has 0 spiro atoms. The van der Waals surface area contributed by atoms with Crippen molar-refractivity contribution in [2.45, 2.75) is 33.2 Å². The molecule has 0 saturated heterocycles. The number of rotatable bonds is 5. The molecule has 2 rings (SSSR count). The molecule has 1 atom stereocenters. The second kappa shape index (κ2) is 6.02. The van der Waals surface area contributed by atoms with Crippen LogP contribution in [0.2, 0.25) is 0 Å². The second-order valence-electron chi connectivity index (χ2n) is 5.52. The fraction of sp³-hybridized carbons (Fsp3) is 0.438. The summed E-state index contributed by atoms with van der Waals surface area (Å²) < 4.78 is 2.21. The summed E-state index contributed by atoms with van der Waals surface area (Å²) in [5, 5.41) is 0. The maximum absolute atomic E-state index is 5.91. The molecule has 2 N–H and O–H groups in total. The number of nitrogens with zero attached hydrogens (tertiary/aromatic N) is 2. The van der Waals surface area contributed by atoms with Crippen molar-refractivity contribution in [1.82, 2.24) is 9.55 Å². The number of aromatic nitrogens is 2. The lowest BCUT2D eigenvalue weighted by atomic mass is 9.93. The van der Waals surface area contributed by atoms with Gasteiger partial charge in [0.1, 0.15) is 0 Å². The lowest BCUT2D eigenvalue weighted by Crippen LogP contribution is -2.21. The van der Waals surface area contributed by atoms with Crippen LogP contribution in [-0.2, 0) is 6.54 Å². The minimum Gasteiger partial charge on any atom is -0.330 e. The first-order valence-electron chi connectivity index (χ1n) is 6.87. The number of aryl methyl sites for hydroxylation is 1. The van der Waals surface area contributed by atoms with Crippen molar-refractivity contribution in [2.24, 2.45) is 11.7 Å². The van der Waals surface area contributed by atoms with E-state index in [0.29, 0.717) is 18.4 Å². The Morgan fingerprint density at radius 2 is 2.11 bits per heavy atom. The van der Waals surface area contributed by atoms with Crippen LogP contribution in [0.15, 0.2) is 36.8 Å². The molecule has 1 aromatic carbocycles. The first kappa shape index (κ1) is 13.8. The highest BCUT2D eigenvalue weighted by molar-refractivity contribution is 5.23. The fourth-order valence-electron chi connectivity index (χ4n) is 2.51. The Bertz CT molecular complexity index is 528. The number of benzene rings is 1. The molecule has 1 unspecified atom stereocenters. The number of hydrogen-bond donors (Lipinski definition) is 1. The summed E-state index contributed by atoms with van der Waals surface area (Å²) in [7, 11) is 0. The van der Waals surface area contributed by atoms with E-state index in [-0.39, 0.29) is 0 Å². The van der Waals surface area contributed by atoms with Crippen LogP contribution in [0.25, 0.3) is 0 Å². The zero-order chi connectivity index (χ0) is 13.8. The summed E-state index contributed by atoms with van der Waals surface area (Å²) in [6, 6.07) is 8.60. The minimum atomic E-state index is 0.368. The molecule has 102 valence electrons. The van der Waals surface area contributed by atoms with Gasteiger partial charge in [0.2, 0.25) is 0 Å². The summed E-state index contributed by atoms with van der Waals surface area (Å²) >= 11 is 0. The summed E-state index contributed by atoms with van der Waals surface area (Å²) in [5.41, 5.74) is 9.74. The van der Waals surface area contributed by atoms with Gasteiger partial charge in [-0.3, -0.25) is 0 Å². The predicted octanol–water partition coefficient (Wildman–Crippen LogP) is 2.94. The van der Waals surface area contributed by atoms with Gasteiger partial charge in [-0.05, 0) is 18.4 Å². The van der Waals surface area contributed by atoms with Crippen LogP contribution in [-0.4, -0.2) is 16.1 Å². The molecule has 3 heteroatoms. The third kappa shape index (κ3) is 3.24. The van der Waals surface area contributed by atoms with E-state index in [1.165, 1.54) is 16.8 Å². The maximum atomic E-state index is 5.91. The average molecular weight is 257 g/mol. The van der Waals surface area contributed by atoms with E-state index in [9.17, 15) is 0 Å². The summed E-state index contributed by atoms with van der Waals surface area (Å²) in [6.07, 6.45) is 3.86. The van der Waals surface area contributed by atoms with Crippen molar-refractivity contribution in [3.8, 4) is 0 Å². The van der Waals surface area contributed by atoms with E-state index in [1.807, 2.05) is 12.5 Å². The van der Waals surface area contributed by atoms with Crippen LogP contribution < -0.4 is 5.73 Å². The number of nitrogens with two attached hydrogens (primary N) is 1. The first-order chi connectivity index (χ1) is 9.11. The quantitative estimate of drug-likeness (QED) is 0.895. The third-order valence-corrected chi connectivity index (χ3v) is 3.62. The standard InChI is InChI=1S/C16H23N3/c1-12(2)15(8-17)16-9-18-11-19(16)10-14-6-4-5-13(3)7-14/h4-7,9,11-12,15H,8,10,17H2,1-3H3. The van der Waals surface area contributed by atoms with Gasteiger partial charge in [-0.2, -0.15) is 0 Å². The molecule has 0 aliphatic rings. The molecule has 0 fully saturated rings. The van der Waals surface area contributed by atoms with E-state index >= 15 is 0 Å². The van der Waals surface area contributed by atoms with Gasteiger partial charge in [0.05, 0.1) is 6.33 Å². The zero-order valence-corrected chi connectivity index (χ0v) is 12.0. The molecular formula is C16H23N3. The Hall–Kier alpha value is -1.61. The molecular weight excluding hydrogens is 234 g/mol. The largest absolute Gasteiger partial charge is 0.330 e. The Balaban J connectivity index is 2.24. The molecule has 0 aliphatic heterocycles. The highest BCUT2D eigenvalue weighted by Gasteiger charge is 2.18. The smallest absolute Gasteiger partial charge is 0.0951 e. The Morgan fingerprint density at radius 1 is 1.32 bits per heavy atom. The normalized spacial score (nSPS) is 12.9. The third-order valence-electron chi connectivity index (χ3n) is 3.62. The van der Waals surface area contributed by atoms with Crippen LogP contribution in [0.5, 0.6) is 0 Å². The van der Waals surface area contributed by atoms with E-state index in [2.05, 4.69) is 54.6 Å². The summed E-state index contributed by atoms with van der Waals surface area (Å²) in [6.45, 7) is 8.07. The fourth-order valence-corrected chi connectivity index (χ4v) is 2.51. The molecule has 0 aliphatic carbocycles. The van der Waals surface area contributed by atoms with Crippen molar-refractivity contribution in [2.75, 3.05) is 6.54 Å². The Labute approximate surface area is 115 Å². The maximum Gasteiger partial charge on any atom is 0.0951 e. The number of imidazole rings is 1. The zero-order valence-electron chi connectivity index (χ0n) is 12.0. The van der Waals surface area contributed by atoms with Crippen molar-refractivity contribution in [3.05, 3.63) is 53.6 Å². The van der Waals surface area contributed by atoms with Gasteiger partial charge in [-0.25, -0.2) is 4.98 Å². The van der Waals surface area contributed by atoms with Crippen molar-refractivity contribution < 1.29 is 0 Å². The van der Waals surface area contributed by atoms with Gasteiger partial charge in [0.15, 0.2) is 0 Å². The van der Waals surface area contributed by atoms with E-state index in [1.54, 1.807) is 0 Å². The molecule has 0 bridgehead atoms. The van der Waals surface area contributed by atoms with Gasteiger partial charge in [-0.1, -0.05) is 43.7 Å². The molecule has 0 saturated carbocycles. The van der Waals surface area contributed by atoms with Crippen LogP contribution in [0, 0.1) is 12.8 Å². The molecule has 0 radical (unpaired) electrons. The highest BCUT2D eigenvalue weighted by Crippen LogP contribution is 2.23. The van der Waals surface area contributed by atoms with Crippen LogP contribution in [0.3, 0.4) is 0 Å². The highest BCUT2D eigenvalue weighted by atomic mass is 15.0. The van der Waals surface area contributed by atoms with E-state index in [0.717, 1.165) is 6.54 Å². The molecule has 1 heterocycles. The van der Waals surface area contributed by atoms with Gasteiger partial charge < -0.3 is 10.3 Å². The molecule has 19 heavy (non-hydrogen) atoms. The molecule has 0 amide bonds. The van der Waals surface area contributed by atoms with Crippen molar-refractivity contribution in [1.29, 1.82) is 0 Å². The Morgan fingerprint density at radius 3 is 2.74 bits per heavy atom. The predicted molar refractivity (Wildman–Crippen MR) is 79.1 cm³/mol. The molecule has 1 aromatic heterocycles. The van der Waals surface area contributed by atoms with Crippen LogP contribution >= 0.6 is 0 Å². The second-order valence-corrected chi connectivity index (χ2v) is 5.52. The lowest BCUT2D eigenvalue weighted by molar-refractivity contribution is 0.478. The van der Waals surface area contributed by atoms with Crippen molar-refractivity contribution >= 4 is 0 Å². The van der Waals surface area contributed by atoms with Crippen molar-refractivity contribution in [3.63, 3.8) is 0 Å². The monoisotopic (exact) mass is 257 g/mol. The Kier molecular flexibility index (Phi) is 4.38. The minimum absolute atomic E-state index is 0.368. The molecule has 2 aromatic rings. The summed E-state index contributed by atoms with van der Waals surface area (Å²) in [4.78, 5) is 4.30. The molecule has 3 nitrogen and oxygen atoms in total. The SMILES string of the molecule is Cc1cccc(Cn2cncc2C(CN)C(C)C)c1. The van der Waals surface area contributed by atoms with E-state index in [4.69, 9.17) is 5.73 Å². The van der Waals surface area contributed by atoms with Gasteiger partial charge in [0, 0.05) is 30.9 Å². The topological polar surface area (TPSA) is 43.8 Å². The van der Waals surface area contributed by atoms with Crippen LogP contribution in [0.4, 0.5) is 0 Å². The van der Waals surface area contributed by atoms with Crippen LogP contribution in [0.1, 0.15) is 36.6 Å².